The van der Waals surface area contributed by atoms with E-state index in [4.69, 9.17) is 4.74 Å². The van der Waals surface area contributed by atoms with Crippen LogP contribution in [0.4, 0.5) is 4.39 Å². The summed E-state index contributed by atoms with van der Waals surface area (Å²) in [6, 6.07) is 13.3. The van der Waals surface area contributed by atoms with E-state index in [1.165, 1.54) is 29.5 Å². The molecule has 0 spiro atoms. The van der Waals surface area contributed by atoms with Gasteiger partial charge >= 0.3 is 5.97 Å². The standard InChI is InChI=1S/C25H25FN2O4S/c26-18-10-8-17(9-11-18)25-13-12-23(30)28(25)21(15-33-25)24(31)32-14-22(29)27-20-7-3-5-16-4-1-2-6-19(16)20/h1-2,4,6,8-11,20-21H,3,5,7,12-15H2,(H,27,29)/t20-,21+,25+/m1/s1. The number of nitrogens with zero attached hydrogens (tertiary/aromatic N) is 1. The van der Waals surface area contributed by atoms with Crippen LogP contribution >= 0.6 is 11.8 Å². The van der Waals surface area contributed by atoms with Crippen molar-refractivity contribution >= 4 is 29.5 Å². The quantitative estimate of drug-likeness (QED) is 0.681. The van der Waals surface area contributed by atoms with Crippen LogP contribution < -0.4 is 5.32 Å². The second-order valence-electron chi connectivity index (χ2n) is 8.70. The first kappa shape index (κ1) is 21.9. The van der Waals surface area contributed by atoms with Crippen molar-refractivity contribution in [1.82, 2.24) is 10.2 Å². The van der Waals surface area contributed by atoms with Crippen molar-refractivity contribution in [2.75, 3.05) is 12.4 Å². The van der Waals surface area contributed by atoms with E-state index in [1.54, 1.807) is 17.0 Å². The van der Waals surface area contributed by atoms with Gasteiger partial charge in [0.15, 0.2) is 6.61 Å². The lowest BCUT2D eigenvalue weighted by atomic mass is 9.88. The molecule has 2 saturated heterocycles. The number of aryl methyl sites for hydroxylation is 1. The number of amides is 2. The molecule has 2 heterocycles. The summed E-state index contributed by atoms with van der Waals surface area (Å²) in [6.07, 6.45) is 3.70. The lowest BCUT2D eigenvalue weighted by Gasteiger charge is -2.33. The van der Waals surface area contributed by atoms with Crippen molar-refractivity contribution in [2.45, 2.75) is 49.1 Å². The Morgan fingerprint density at radius 1 is 1.15 bits per heavy atom. The van der Waals surface area contributed by atoms with E-state index in [0.29, 0.717) is 18.6 Å². The summed E-state index contributed by atoms with van der Waals surface area (Å²) in [5, 5.41) is 2.98. The van der Waals surface area contributed by atoms with E-state index in [2.05, 4.69) is 11.4 Å². The number of esters is 1. The molecule has 3 atom stereocenters. The highest BCUT2D eigenvalue weighted by Gasteiger charge is 2.57. The maximum Gasteiger partial charge on any atom is 0.330 e. The van der Waals surface area contributed by atoms with Crippen LogP contribution in [0.25, 0.3) is 0 Å². The van der Waals surface area contributed by atoms with Gasteiger partial charge in [-0.05, 0) is 54.5 Å². The summed E-state index contributed by atoms with van der Waals surface area (Å²) in [6.45, 7) is -0.385. The fourth-order valence-electron chi connectivity index (χ4n) is 5.20. The molecule has 0 aromatic heterocycles. The number of rotatable bonds is 5. The average molecular weight is 469 g/mol. The van der Waals surface area contributed by atoms with Gasteiger partial charge in [0.2, 0.25) is 5.91 Å². The molecule has 1 aliphatic carbocycles. The molecule has 0 saturated carbocycles. The highest BCUT2D eigenvalue weighted by Crippen LogP contribution is 2.54. The molecule has 2 aromatic rings. The minimum absolute atomic E-state index is 0.0885. The number of hydrogen-bond donors (Lipinski definition) is 1. The van der Waals surface area contributed by atoms with Crippen LogP contribution in [0.5, 0.6) is 0 Å². The van der Waals surface area contributed by atoms with E-state index in [0.717, 1.165) is 30.4 Å². The third kappa shape index (κ3) is 4.01. The monoisotopic (exact) mass is 468 g/mol. The van der Waals surface area contributed by atoms with Crippen molar-refractivity contribution in [3.63, 3.8) is 0 Å². The third-order valence-corrected chi connectivity index (χ3v) is 8.34. The SMILES string of the molecule is O=C(COC(=O)[C@@H]1CS[C@]2(c3ccc(F)cc3)CCC(=O)N12)N[C@@H]1CCCc2ccccc21. The zero-order chi connectivity index (χ0) is 23.0. The predicted octanol–water partition coefficient (Wildman–Crippen LogP) is 3.45. The number of benzene rings is 2. The largest absolute Gasteiger partial charge is 0.454 e. The summed E-state index contributed by atoms with van der Waals surface area (Å²) in [5.74, 6) is -1.04. The number of carbonyl (C=O) groups excluding carboxylic acids is 3. The Hall–Kier alpha value is -2.87. The zero-order valence-electron chi connectivity index (χ0n) is 18.1. The first-order valence-corrected chi connectivity index (χ1v) is 12.2. The average Bonchev–Trinajstić information content (AvgIpc) is 3.37. The number of thioether (sulfide) groups is 1. The Balaban J connectivity index is 1.23. The van der Waals surface area contributed by atoms with Gasteiger partial charge < -0.3 is 15.0 Å². The molecular weight excluding hydrogens is 443 g/mol. The summed E-state index contributed by atoms with van der Waals surface area (Å²) >= 11 is 1.50. The Kier molecular flexibility index (Phi) is 5.86. The number of ether oxygens (including phenoxy) is 1. The number of nitrogens with one attached hydrogen (secondary N) is 1. The molecule has 2 amide bonds. The van der Waals surface area contributed by atoms with E-state index in [1.807, 2.05) is 18.2 Å². The first-order valence-electron chi connectivity index (χ1n) is 11.2. The summed E-state index contributed by atoms with van der Waals surface area (Å²) in [7, 11) is 0. The second-order valence-corrected chi connectivity index (χ2v) is 10.00. The highest BCUT2D eigenvalue weighted by molar-refractivity contribution is 8.00. The molecule has 2 fully saturated rings. The third-order valence-electron chi connectivity index (χ3n) is 6.74. The van der Waals surface area contributed by atoms with E-state index < -0.39 is 16.9 Å². The maximum atomic E-state index is 13.4. The van der Waals surface area contributed by atoms with Gasteiger partial charge in [0.25, 0.3) is 5.91 Å². The van der Waals surface area contributed by atoms with Crippen LogP contribution in [0.3, 0.4) is 0 Å². The molecule has 1 N–H and O–H groups in total. The van der Waals surface area contributed by atoms with Crippen molar-refractivity contribution < 1.29 is 23.5 Å². The van der Waals surface area contributed by atoms with E-state index in [-0.39, 0.29) is 30.3 Å². The van der Waals surface area contributed by atoms with Gasteiger partial charge in [-0.2, -0.15) is 0 Å². The topological polar surface area (TPSA) is 75.7 Å². The van der Waals surface area contributed by atoms with Gasteiger partial charge in [-0.15, -0.1) is 11.8 Å². The van der Waals surface area contributed by atoms with Crippen LogP contribution in [0.1, 0.15) is 48.4 Å². The van der Waals surface area contributed by atoms with Gasteiger partial charge in [-0.3, -0.25) is 9.59 Å². The second kappa shape index (κ2) is 8.82. The van der Waals surface area contributed by atoms with Crippen molar-refractivity contribution in [2.24, 2.45) is 0 Å². The minimum atomic E-state index is -0.766. The van der Waals surface area contributed by atoms with Crippen LogP contribution in [-0.4, -0.2) is 41.1 Å². The molecule has 3 aliphatic rings. The molecule has 33 heavy (non-hydrogen) atoms. The normalized spacial score (nSPS) is 26.0. The van der Waals surface area contributed by atoms with Crippen molar-refractivity contribution in [3.8, 4) is 0 Å². The molecule has 0 radical (unpaired) electrons. The van der Waals surface area contributed by atoms with Crippen molar-refractivity contribution in [1.29, 1.82) is 0 Å². The molecular formula is C25H25FN2O4S. The molecule has 0 unspecified atom stereocenters. The van der Waals surface area contributed by atoms with E-state index in [9.17, 15) is 18.8 Å². The Labute approximate surface area is 195 Å². The molecule has 6 nitrogen and oxygen atoms in total. The van der Waals surface area contributed by atoms with Gasteiger partial charge in [-0.25, -0.2) is 9.18 Å². The summed E-state index contributed by atoms with van der Waals surface area (Å²) < 4.78 is 18.8. The Morgan fingerprint density at radius 3 is 2.76 bits per heavy atom. The minimum Gasteiger partial charge on any atom is -0.454 e. The first-order chi connectivity index (χ1) is 16.0. The molecule has 2 aliphatic heterocycles. The lowest BCUT2D eigenvalue weighted by Crippen LogP contribution is -2.47. The fourth-order valence-corrected chi connectivity index (χ4v) is 6.84. The lowest BCUT2D eigenvalue weighted by molar-refractivity contribution is -0.156. The van der Waals surface area contributed by atoms with Crippen LogP contribution in [-0.2, 0) is 30.4 Å². The van der Waals surface area contributed by atoms with Crippen LogP contribution in [0.2, 0.25) is 0 Å². The number of halogens is 1. The van der Waals surface area contributed by atoms with Gasteiger partial charge in [0.1, 0.15) is 16.7 Å². The smallest absolute Gasteiger partial charge is 0.330 e. The predicted molar refractivity (Wildman–Crippen MR) is 122 cm³/mol. The molecule has 8 heteroatoms. The molecule has 5 rings (SSSR count). The molecule has 2 aromatic carbocycles. The Bertz CT molecular complexity index is 1090. The fraction of sp³-hybridized carbons (Fsp3) is 0.400. The maximum absolute atomic E-state index is 13.4. The van der Waals surface area contributed by atoms with Crippen molar-refractivity contribution in [3.05, 3.63) is 71.0 Å². The number of hydrogen-bond acceptors (Lipinski definition) is 5. The number of carbonyl (C=O) groups is 3. The summed E-state index contributed by atoms with van der Waals surface area (Å²) in [4.78, 5) is 39.0. The highest BCUT2D eigenvalue weighted by atomic mass is 32.2. The number of fused-ring (bicyclic) bond motifs is 2. The molecule has 0 bridgehead atoms. The van der Waals surface area contributed by atoms with E-state index >= 15 is 0 Å². The molecule has 172 valence electrons. The van der Waals surface area contributed by atoms with Crippen LogP contribution in [0.15, 0.2) is 48.5 Å². The van der Waals surface area contributed by atoms with Crippen LogP contribution in [0, 0.1) is 5.82 Å². The summed E-state index contributed by atoms with van der Waals surface area (Å²) in [5.41, 5.74) is 3.14. The van der Waals surface area contributed by atoms with Gasteiger partial charge in [-0.1, -0.05) is 36.4 Å². The van der Waals surface area contributed by atoms with Gasteiger partial charge in [0.05, 0.1) is 6.04 Å². The zero-order valence-corrected chi connectivity index (χ0v) is 18.9. The Morgan fingerprint density at radius 2 is 1.94 bits per heavy atom. The van der Waals surface area contributed by atoms with Gasteiger partial charge in [0, 0.05) is 12.2 Å².